The highest BCUT2D eigenvalue weighted by atomic mass is 16.5. The van der Waals surface area contributed by atoms with Gasteiger partial charge in [0.05, 0.1) is 6.10 Å². The monoisotopic (exact) mass is 266 g/mol. The number of ether oxygens (including phenoxy) is 1. The van der Waals surface area contributed by atoms with Crippen LogP contribution in [0.15, 0.2) is 0 Å². The molecule has 2 heterocycles. The summed E-state index contributed by atoms with van der Waals surface area (Å²) in [6.45, 7) is 1.99. The highest BCUT2D eigenvalue weighted by molar-refractivity contribution is 5.90. The molecule has 2 saturated heterocycles. The Morgan fingerprint density at radius 1 is 1.21 bits per heavy atom. The van der Waals surface area contributed by atoms with E-state index in [2.05, 4.69) is 5.32 Å². The van der Waals surface area contributed by atoms with Crippen molar-refractivity contribution in [1.29, 1.82) is 0 Å². The van der Waals surface area contributed by atoms with Crippen LogP contribution in [0.3, 0.4) is 0 Å². The summed E-state index contributed by atoms with van der Waals surface area (Å²) < 4.78 is 5.71. The number of carbonyl (C=O) groups is 2. The molecule has 1 aliphatic carbocycles. The van der Waals surface area contributed by atoms with Crippen molar-refractivity contribution in [2.45, 2.75) is 50.7 Å². The predicted octanol–water partition coefficient (Wildman–Crippen LogP) is 0.683. The minimum atomic E-state index is -0.279. The highest BCUT2D eigenvalue weighted by Crippen LogP contribution is 2.34. The summed E-state index contributed by atoms with van der Waals surface area (Å²) in [6, 6.07) is -0.279. The number of hydrogen-bond acceptors (Lipinski definition) is 3. The van der Waals surface area contributed by atoms with E-state index in [1.165, 1.54) is 6.42 Å². The molecule has 3 fully saturated rings. The normalized spacial score (nSPS) is 32.9. The van der Waals surface area contributed by atoms with Gasteiger partial charge >= 0.3 is 0 Å². The fourth-order valence-electron chi connectivity index (χ4n) is 2.98. The molecule has 19 heavy (non-hydrogen) atoms. The summed E-state index contributed by atoms with van der Waals surface area (Å²) in [5.41, 5.74) is 0. The van der Waals surface area contributed by atoms with Crippen molar-refractivity contribution in [3.05, 3.63) is 0 Å². The summed E-state index contributed by atoms with van der Waals surface area (Å²) in [5, 5.41) is 2.89. The highest BCUT2D eigenvalue weighted by Gasteiger charge is 2.41. The first kappa shape index (κ1) is 12.9. The second-order valence-corrected chi connectivity index (χ2v) is 5.91. The average molecular weight is 266 g/mol. The van der Waals surface area contributed by atoms with Crippen molar-refractivity contribution in [2.75, 3.05) is 19.7 Å². The maximum absolute atomic E-state index is 12.5. The standard InChI is InChI=1S/C14H22N2O3/c17-12-6-7-16(9-11-3-1-2-8-19-11)14(18)13(15-12)10-4-5-10/h10-11,13H,1-9H2,(H,15,17). The molecule has 3 aliphatic rings. The summed E-state index contributed by atoms with van der Waals surface area (Å²) in [7, 11) is 0. The molecule has 0 aromatic rings. The van der Waals surface area contributed by atoms with Gasteiger partial charge in [-0.05, 0) is 38.0 Å². The van der Waals surface area contributed by atoms with Crippen LogP contribution in [0.2, 0.25) is 0 Å². The molecule has 0 aromatic heterocycles. The van der Waals surface area contributed by atoms with Gasteiger partial charge in [-0.25, -0.2) is 0 Å². The number of amides is 2. The van der Waals surface area contributed by atoms with Crippen LogP contribution in [-0.4, -0.2) is 48.6 Å². The quantitative estimate of drug-likeness (QED) is 0.817. The number of hydrogen-bond donors (Lipinski definition) is 1. The van der Waals surface area contributed by atoms with E-state index in [0.717, 1.165) is 32.3 Å². The maximum atomic E-state index is 12.5. The van der Waals surface area contributed by atoms with Crippen LogP contribution < -0.4 is 5.32 Å². The van der Waals surface area contributed by atoms with Crippen LogP contribution in [0.4, 0.5) is 0 Å². The Hall–Kier alpha value is -1.10. The van der Waals surface area contributed by atoms with Crippen molar-refractivity contribution < 1.29 is 14.3 Å². The lowest BCUT2D eigenvalue weighted by Gasteiger charge is -2.30. The molecule has 0 aromatic carbocycles. The molecule has 5 nitrogen and oxygen atoms in total. The lowest BCUT2D eigenvalue weighted by molar-refractivity contribution is -0.136. The minimum absolute atomic E-state index is 0.0114. The van der Waals surface area contributed by atoms with E-state index in [1.54, 1.807) is 0 Å². The number of nitrogens with one attached hydrogen (secondary N) is 1. The van der Waals surface area contributed by atoms with Gasteiger partial charge in [-0.15, -0.1) is 0 Å². The summed E-state index contributed by atoms with van der Waals surface area (Å²) >= 11 is 0. The minimum Gasteiger partial charge on any atom is -0.376 e. The van der Waals surface area contributed by atoms with Crippen LogP contribution >= 0.6 is 0 Å². The fourth-order valence-corrected chi connectivity index (χ4v) is 2.98. The second kappa shape index (κ2) is 5.49. The smallest absolute Gasteiger partial charge is 0.245 e. The third-order valence-electron chi connectivity index (χ3n) is 4.29. The third-order valence-corrected chi connectivity index (χ3v) is 4.29. The molecule has 3 rings (SSSR count). The van der Waals surface area contributed by atoms with Gasteiger partial charge in [-0.2, -0.15) is 0 Å². The first-order valence-electron chi connectivity index (χ1n) is 7.44. The molecule has 2 aliphatic heterocycles. The Morgan fingerprint density at radius 3 is 2.74 bits per heavy atom. The molecule has 1 saturated carbocycles. The molecule has 106 valence electrons. The molecule has 5 heteroatoms. The molecule has 2 unspecified atom stereocenters. The zero-order valence-electron chi connectivity index (χ0n) is 11.3. The van der Waals surface area contributed by atoms with E-state index in [9.17, 15) is 9.59 Å². The van der Waals surface area contributed by atoms with E-state index in [1.807, 2.05) is 4.90 Å². The van der Waals surface area contributed by atoms with Gasteiger partial charge in [-0.3, -0.25) is 9.59 Å². The number of carbonyl (C=O) groups excluding carboxylic acids is 2. The van der Waals surface area contributed by atoms with Gasteiger partial charge in [-0.1, -0.05) is 0 Å². The molecular weight excluding hydrogens is 244 g/mol. The predicted molar refractivity (Wildman–Crippen MR) is 69.4 cm³/mol. The first-order valence-corrected chi connectivity index (χ1v) is 7.44. The number of rotatable bonds is 3. The molecule has 1 N–H and O–H groups in total. The molecule has 0 bridgehead atoms. The summed E-state index contributed by atoms with van der Waals surface area (Å²) in [6.07, 6.45) is 6.02. The lowest BCUT2D eigenvalue weighted by atomic mass is 10.1. The zero-order valence-corrected chi connectivity index (χ0v) is 11.3. The Balaban J connectivity index is 1.64. The summed E-state index contributed by atoms with van der Waals surface area (Å²) in [4.78, 5) is 26.0. The van der Waals surface area contributed by atoms with E-state index >= 15 is 0 Å². The Morgan fingerprint density at radius 2 is 2.05 bits per heavy atom. The largest absolute Gasteiger partial charge is 0.376 e. The Bertz CT molecular complexity index is 362. The average Bonchev–Trinajstić information content (AvgIpc) is 3.25. The van der Waals surface area contributed by atoms with Crippen LogP contribution in [0, 0.1) is 5.92 Å². The molecule has 0 radical (unpaired) electrons. The molecule has 2 atom stereocenters. The van der Waals surface area contributed by atoms with Gasteiger partial charge in [0, 0.05) is 26.1 Å². The zero-order chi connectivity index (χ0) is 13.2. The number of nitrogens with zero attached hydrogens (tertiary/aromatic N) is 1. The SMILES string of the molecule is O=C1CCN(CC2CCCCO2)C(=O)C(C2CC2)N1. The van der Waals surface area contributed by atoms with Gasteiger partial charge < -0.3 is 15.0 Å². The van der Waals surface area contributed by atoms with E-state index in [4.69, 9.17) is 4.74 Å². The molecule has 2 amide bonds. The topological polar surface area (TPSA) is 58.6 Å². The second-order valence-electron chi connectivity index (χ2n) is 5.91. The van der Waals surface area contributed by atoms with Crippen LogP contribution in [0.25, 0.3) is 0 Å². The van der Waals surface area contributed by atoms with Gasteiger partial charge in [0.15, 0.2) is 0 Å². The Kier molecular flexibility index (Phi) is 3.73. The van der Waals surface area contributed by atoms with Crippen LogP contribution in [0.1, 0.15) is 38.5 Å². The van der Waals surface area contributed by atoms with Crippen molar-refractivity contribution in [2.24, 2.45) is 5.92 Å². The van der Waals surface area contributed by atoms with Gasteiger partial charge in [0.2, 0.25) is 11.8 Å². The lowest BCUT2D eigenvalue weighted by Crippen LogP contribution is -2.48. The molecule has 0 spiro atoms. The van der Waals surface area contributed by atoms with E-state index < -0.39 is 0 Å². The summed E-state index contributed by atoms with van der Waals surface area (Å²) in [5.74, 6) is 0.476. The van der Waals surface area contributed by atoms with Crippen molar-refractivity contribution >= 4 is 11.8 Å². The van der Waals surface area contributed by atoms with Crippen LogP contribution in [-0.2, 0) is 14.3 Å². The van der Waals surface area contributed by atoms with Gasteiger partial charge in [0.25, 0.3) is 0 Å². The van der Waals surface area contributed by atoms with Crippen molar-refractivity contribution in [1.82, 2.24) is 10.2 Å². The Labute approximate surface area is 113 Å². The van der Waals surface area contributed by atoms with Gasteiger partial charge in [0.1, 0.15) is 6.04 Å². The third kappa shape index (κ3) is 3.08. The van der Waals surface area contributed by atoms with Crippen molar-refractivity contribution in [3.8, 4) is 0 Å². The van der Waals surface area contributed by atoms with E-state index in [-0.39, 0.29) is 24.0 Å². The van der Waals surface area contributed by atoms with Crippen LogP contribution in [0.5, 0.6) is 0 Å². The molecular formula is C14H22N2O3. The van der Waals surface area contributed by atoms with E-state index in [0.29, 0.717) is 25.4 Å². The van der Waals surface area contributed by atoms with Crippen molar-refractivity contribution in [3.63, 3.8) is 0 Å². The fraction of sp³-hybridized carbons (Fsp3) is 0.857. The maximum Gasteiger partial charge on any atom is 0.245 e. The first-order chi connectivity index (χ1) is 9.24.